The molecule has 0 aliphatic heterocycles. The molecule has 0 N–H and O–H groups in total. The molecule has 0 amide bonds. The first-order valence-electron chi connectivity index (χ1n) is 8.38. The van der Waals surface area contributed by atoms with Crippen molar-refractivity contribution in [1.82, 2.24) is 4.57 Å². The highest BCUT2D eigenvalue weighted by molar-refractivity contribution is 7.90. The number of imidazole rings is 1. The van der Waals surface area contributed by atoms with E-state index in [0.717, 1.165) is 22.4 Å². The third kappa shape index (κ3) is 3.64. The Hall–Kier alpha value is -2.19. The van der Waals surface area contributed by atoms with Crippen molar-refractivity contribution >= 4 is 20.9 Å². The summed E-state index contributed by atoms with van der Waals surface area (Å²) in [4.78, 5) is 0.333. The molecule has 0 fully saturated rings. The molecule has 27 heavy (non-hydrogen) atoms. The zero-order chi connectivity index (χ0) is 18.1. The van der Waals surface area contributed by atoms with Crippen LogP contribution in [0.3, 0.4) is 0 Å². The molecule has 0 atom stereocenters. The van der Waals surface area contributed by atoms with E-state index in [2.05, 4.69) is 0 Å². The number of fused-ring (bicyclic) bond motifs is 1. The summed E-state index contributed by atoms with van der Waals surface area (Å²) < 4.78 is 29.9. The fraction of sp³-hybridized carbons (Fsp3) is 0.0952. The van der Waals surface area contributed by atoms with Crippen molar-refractivity contribution in [3.05, 3.63) is 84.9 Å². The van der Waals surface area contributed by atoms with Gasteiger partial charge in [-0.3, -0.25) is 0 Å². The van der Waals surface area contributed by atoms with Gasteiger partial charge in [0.15, 0.2) is 16.9 Å². The Labute approximate surface area is 176 Å². The molecule has 0 aliphatic carbocycles. The third-order valence-corrected chi connectivity index (χ3v) is 6.13. The van der Waals surface area contributed by atoms with Crippen molar-refractivity contribution in [2.24, 2.45) is 7.05 Å². The van der Waals surface area contributed by atoms with Gasteiger partial charge in [0.05, 0.1) is 17.5 Å². The first-order chi connectivity index (χ1) is 12.6. The lowest BCUT2D eigenvalue weighted by molar-refractivity contribution is -0.634. The highest BCUT2D eigenvalue weighted by atomic mass is 127. The number of rotatable bonds is 4. The van der Waals surface area contributed by atoms with Crippen LogP contribution in [0.2, 0.25) is 0 Å². The van der Waals surface area contributed by atoms with E-state index in [1.807, 2.05) is 76.8 Å². The highest BCUT2D eigenvalue weighted by Crippen LogP contribution is 2.25. The maximum Gasteiger partial charge on any atom is 0.290 e. The minimum absolute atomic E-state index is 0. The lowest BCUT2D eigenvalue weighted by atomic mass is 10.2. The second kappa shape index (κ2) is 7.82. The molecule has 6 heteroatoms. The van der Waals surface area contributed by atoms with E-state index < -0.39 is 9.84 Å². The van der Waals surface area contributed by atoms with Gasteiger partial charge in [-0.15, -0.1) is 0 Å². The highest BCUT2D eigenvalue weighted by Gasteiger charge is 2.28. The number of aromatic nitrogens is 2. The maximum absolute atomic E-state index is 13.0. The Morgan fingerprint density at radius 3 is 2.04 bits per heavy atom. The molecule has 1 heterocycles. The van der Waals surface area contributed by atoms with Crippen molar-refractivity contribution in [3.8, 4) is 11.4 Å². The molecule has 1 aromatic heterocycles. The van der Waals surface area contributed by atoms with Crippen LogP contribution in [0, 0.1) is 0 Å². The molecule has 0 spiro atoms. The first kappa shape index (κ1) is 19.6. The van der Waals surface area contributed by atoms with Crippen molar-refractivity contribution in [2.45, 2.75) is 10.8 Å². The number of benzene rings is 3. The van der Waals surface area contributed by atoms with Gasteiger partial charge in [0.25, 0.3) is 5.82 Å². The van der Waals surface area contributed by atoms with Gasteiger partial charge in [-0.2, -0.15) is 0 Å². The van der Waals surface area contributed by atoms with Crippen LogP contribution in [0.15, 0.2) is 89.8 Å². The Morgan fingerprint density at radius 2 is 1.37 bits per heavy atom. The largest absolute Gasteiger partial charge is 1.00 e. The fourth-order valence-corrected chi connectivity index (χ4v) is 4.65. The summed E-state index contributed by atoms with van der Waals surface area (Å²) >= 11 is 0. The number of hydrogen-bond acceptors (Lipinski definition) is 2. The van der Waals surface area contributed by atoms with E-state index >= 15 is 0 Å². The fourth-order valence-electron chi connectivity index (χ4n) is 3.33. The molecule has 0 aliphatic rings. The summed E-state index contributed by atoms with van der Waals surface area (Å²) in [5.74, 6) is 0.758. The Morgan fingerprint density at radius 1 is 0.815 bits per heavy atom. The molecule has 0 saturated carbocycles. The predicted molar refractivity (Wildman–Crippen MR) is 102 cm³/mol. The summed E-state index contributed by atoms with van der Waals surface area (Å²) in [6, 6.07) is 26.3. The molecule has 0 saturated heterocycles. The number of halogens is 1. The lowest BCUT2D eigenvalue weighted by Gasteiger charge is -2.06. The van der Waals surface area contributed by atoms with Crippen LogP contribution >= 0.6 is 0 Å². The smallest absolute Gasteiger partial charge is 0.290 e. The van der Waals surface area contributed by atoms with Gasteiger partial charge in [0, 0.05) is 0 Å². The van der Waals surface area contributed by atoms with Gasteiger partial charge >= 0.3 is 0 Å². The molecule has 4 aromatic rings. The monoisotopic (exact) mass is 490 g/mol. The molecule has 4 rings (SSSR count). The number of sulfone groups is 1. The van der Waals surface area contributed by atoms with Crippen molar-refractivity contribution < 1.29 is 37.0 Å². The number of aryl methyl sites for hydroxylation is 1. The van der Waals surface area contributed by atoms with Crippen molar-refractivity contribution in [1.29, 1.82) is 0 Å². The van der Waals surface area contributed by atoms with E-state index in [4.69, 9.17) is 0 Å². The van der Waals surface area contributed by atoms with Gasteiger partial charge < -0.3 is 24.0 Å². The van der Waals surface area contributed by atoms with Crippen LogP contribution in [0.4, 0.5) is 0 Å². The summed E-state index contributed by atoms with van der Waals surface area (Å²) in [6.07, 6.45) is 0. The zero-order valence-electron chi connectivity index (χ0n) is 14.8. The minimum Gasteiger partial charge on any atom is -1.00 e. The summed E-state index contributed by atoms with van der Waals surface area (Å²) in [7, 11) is -1.50. The van der Waals surface area contributed by atoms with E-state index in [1.165, 1.54) is 0 Å². The Bertz CT molecular complexity index is 1170. The van der Waals surface area contributed by atoms with E-state index in [0.29, 0.717) is 4.90 Å². The molecule has 0 bridgehead atoms. The number of para-hydroxylation sites is 2. The molecule has 3 aromatic carbocycles. The van der Waals surface area contributed by atoms with Crippen LogP contribution in [0.25, 0.3) is 22.4 Å². The van der Waals surface area contributed by atoms with Gasteiger partial charge in [-0.1, -0.05) is 48.5 Å². The average molecular weight is 490 g/mol. The summed E-state index contributed by atoms with van der Waals surface area (Å²) in [6.45, 7) is 0. The van der Waals surface area contributed by atoms with Gasteiger partial charge in [-0.25, -0.2) is 17.6 Å². The quantitative estimate of drug-likeness (QED) is 0.310. The maximum atomic E-state index is 13.0. The standard InChI is InChI=1S/C21H19N2O2S.HI/c1-22-19-14-8-9-15-20(19)23(21(22)17-10-4-2-5-11-17)16-26(24,25)18-12-6-3-7-13-18;/h2-15H,16H2,1H3;1H/q+1;/p-1. The van der Waals surface area contributed by atoms with Crippen LogP contribution in [-0.2, 0) is 22.8 Å². The van der Waals surface area contributed by atoms with Crippen molar-refractivity contribution in [2.75, 3.05) is 0 Å². The Balaban J connectivity index is 0.00000210. The molecule has 4 nitrogen and oxygen atoms in total. The second-order valence-electron chi connectivity index (χ2n) is 6.22. The average Bonchev–Trinajstić information content (AvgIpc) is 2.95. The normalized spacial score (nSPS) is 11.3. The van der Waals surface area contributed by atoms with E-state index in [1.54, 1.807) is 24.3 Å². The van der Waals surface area contributed by atoms with Crippen molar-refractivity contribution in [3.63, 3.8) is 0 Å². The van der Waals surface area contributed by atoms with E-state index in [-0.39, 0.29) is 29.9 Å². The van der Waals surface area contributed by atoms with Crippen LogP contribution < -0.4 is 28.5 Å². The number of nitrogens with zero attached hydrogens (tertiary/aromatic N) is 2. The van der Waals surface area contributed by atoms with Crippen LogP contribution in [0.5, 0.6) is 0 Å². The SMILES string of the molecule is C[n+]1c(-c2ccccc2)n(CS(=O)(=O)c2ccccc2)c2ccccc21.[I-]. The topological polar surface area (TPSA) is 43.0 Å². The van der Waals surface area contributed by atoms with Crippen LogP contribution in [0.1, 0.15) is 0 Å². The zero-order valence-corrected chi connectivity index (χ0v) is 17.8. The minimum atomic E-state index is -3.47. The summed E-state index contributed by atoms with van der Waals surface area (Å²) in [5.41, 5.74) is 2.87. The second-order valence-corrected chi connectivity index (χ2v) is 8.18. The van der Waals surface area contributed by atoms with Gasteiger partial charge in [-0.05, 0) is 36.4 Å². The molecule has 138 valence electrons. The summed E-state index contributed by atoms with van der Waals surface area (Å²) in [5, 5.41) is 0. The van der Waals surface area contributed by atoms with Gasteiger partial charge in [0.1, 0.15) is 0 Å². The molecular weight excluding hydrogens is 471 g/mol. The molecular formula is C21H19IN2O2S. The molecule has 0 unspecified atom stereocenters. The molecule has 0 radical (unpaired) electrons. The van der Waals surface area contributed by atoms with E-state index in [9.17, 15) is 8.42 Å². The van der Waals surface area contributed by atoms with Gasteiger partial charge in [0.2, 0.25) is 9.84 Å². The lowest BCUT2D eigenvalue weighted by Crippen LogP contribution is -3.00. The first-order valence-corrected chi connectivity index (χ1v) is 10.0. The third-order valence-electron chi connectivity index (χ3n) is 4.54. The van der Waals surface area contributed by atoms with Crippen LogP contribution in [-0.4, -0.2) is 13.0 Å². The predicted octanol–water partition coefficient (Wildman–Crippen LogP) is 0.568. The number of hydrogen-bond donors (Lipinski definition) is 0. The Kier molecular flexibility index (Phi) is 5.67.